The first kappa shape index (κ1) is 16.3. The van der Waals surface area contributed by atoms with E-state index in [0.717, 1.165) is 19.4 Å². The van der Waals surface area contributed by atoms with Gasteiger partial charge in [0.15, 0.2) is 0 Å². The van der Waals surface area contributed by atoms with Gasteiger partial charge in [-0.2, -0.15) is 0 Å². The topological polar surface area (TPSA) is 58.6 Å². The molecular weight excluding hydrogens is 268 g/mol. The van der Waals surface area contributed by atoms with Crippen molar-refractivity contribution in [1.29, 1.82) is 0 Å². The summed E-state index contributed by atoms with van der Waals surface area (Å²) in [6.45, 7) is 11.2. The van der Waals surface area contributed by atoms with Crippen molar-refractivity contribution in [3.8, 4) is 0 Å². The molecule has 2 heterocycles. The predicted molar refractivity (Wildman–Crippen MR) is 80.7 cm³/mol. The summed E-state index contributed by atoms with van der Waals surface area (Å²) in [5.41, 5.74) is -0.288. The Morgan fingerprint density at radius 1 is 1.33 bits per heavy atom. The van der Waals surface area contributed by atoms with E-state index in [9.17, 15) is 9.59 Å². The lowest BCUT2D eigenvalue weighted by Crippen LogP contribution is -2.68. The Labute approximate surface area is 127 Å². The van der Waals surface area contributed by atoms with Crippen LogP contribution in [0.1, 0.15) is 47.5 Å². The second-order valence-corrected chi connectivity index (χ2v) is 7.62. The minimum Gasteiger partial charge on any atom is -0.376 e. The molecule has 0 radical (unpaired) electrons. The molecule has 0 spiro atoms. The van der Waals surface area contributed by atoms with Crippen molar-refractivity contribution in [3.05, 3.63) is 0 Å². The number of carbonyl (C=O) groups excluding carboxylic acids is 2. The number of amides is 2. The maximum atomic E-state index is 12.9. The Kier molecular flexibility index (Phi) is 4.61. The fourth-order valence-corrected chi connectivity index (χ4v) is 3.19. The van der Waals surface area contributed by atoms with Gasteiger partial charge in [-0.3, -0.25) is 9.59 Å². The van der Waals surface area contributed by atoms with Crippen LogP contribution in [0.3, 0.4) is 0 Å². The lowest BCUT2D eigenvalue weighted by Gasteiger charge is -2.45. The first-order valence-electron chi connectivity index (χ1n) is 7.94. The zero-order valence-electron chi connectivity index (χ0n) is 13.8. The minimum atomic E-state index is -0.457. The van der Waals surface area contributed by atoms with Gasteiger partial charge >= 0.3 is 0 Å². The second kappa shape index (κ2) is 5.95. The first-order valence-corrected chi connectivity index (χ1v) is 7.94. The highest BCUT2D eigenvalue weighted by Gasteiger charge is 2.46. The summed E-state index contributed by atoms with van der Waals surface area (Å²) in [6, 6.07) is -0.846. The quantitative estimate of drug-likeness (QED) is 0.860. The van der Waals surface area contributed by atoms with E-state index in [1.807, 2.05) is 34.6 Å². The minimum absolute atomic E-state index is 0.0244. The van der Waals surface area contributed by atoms with Crippen LogP contribution in [-0.2, 0) is 14.3 Å². The van der Waals surface area contributed by atoms with Gasteiger partial charge in [0.1, 0.15) is 12.1 Å². The monoisotopic (exact) mass is 296 g/mol. The summed E-state index contributed by atoms with van der Waals surface area (Å²) in [6.07, 6.45) is 2.08. The highest BCUT2D eigenvalue weighted by molar-refractivity contribution is 5.97. The van der Waals surface area contributed by atoms with E-state index in [-0.39, 0.29) is 35.3 Å². The fourth-order valence-electron chi connectivity index (χ4n) is 3.19. The van der Waals surface area contributed by atoms with Crippen molar-refractivity contribution < 1.29 is 14.3 Å². The number of rotatable bonds is 3. The molecule has 0 saturated carbocycles. The standard InChI is InChI=1S/C16H28N2O3/c1-10(2)12-14(19)17-13(16(3,4)5)15(20)18(12)9-11-7-6-8-21-11/h10-13H,6-9H2,1-5H3,(H,17,19). The summed E-state index contributed by atoms with van der Waals surface area (Å²) < 4.78 is 5.66. The van der Waals surface area contributed by atoms with Gasteiger partial charge in [-0.15, -0.1) is 0 Å². The highest BCUT2D eigenvalue weighted by Crippen LogP contribution is 2.28. The van der Waals surface area contributed by atoms with Gasteiger partial charge in [-0.25, -0.2) is 0 Å². The molecule has 2 aliphatic heterocycles. The third-order valence-corrected chi connectivity index (χ3v) is 4.34. The molecule has 120 valence electrons. The fraction of sp³-hybridized carbons (Fsp3) is 0.875. The maximum absolute atomic E-state index is 12.9. The molecule has 2 amide bonds. The van der Waals surface area contributed by atoms with Crippen LogP contribution in [0.2, 0.25) is 0 Å². The molecule has 0 aliphatic carbocycles. The van der Waals surface area contributed by atoms with E-state index in [0.29, 0.717) is 6.54 Å². The summed E-state index contributed by atoms with van der Waals surface area (Å²) in [5, 5.41) is 2.92. The molecule has 0 bridgehead atoms. The molecule has 21 heavy (non-hydrogen) atoms. The highest BCUT2D eigenvalue weighted by atomic mass is 16.5. The average molecular weight is 296 g/mol. The zero-order valence-corrected chi connectivity index (χ0v) is 13.8. The molecule has 3 unspecified atom stereocenters. The Hall–Kier alpha value is -1.10. The molecule has 3 atom stereocenters. The summed E-state index contributed by atoms with van der Waals surface area (Å²) >= 11 is 0. The van der Waals surface area contributed by atoms with Crippen molar-refractivity contribution in [2.45, 2.75) is 65.6 Å². The number of nitrogens with zero attached hydrogens (tertiary/aromatic N) is 1. The zero-order chi connectivity index (χ0) is 15.8. The predicted octanol–water partition coefficient (Wildman–Crippen LogP) is 1.56. The van der Waals surface area contributed by atoms with Crippen molar-refractivity contribution in [1.82, 2.24) is 10.2 Å². The third-order valence-electron chi connectivity index (χ3n) is 4.34. The van der Waals surface area contributed by atoms with E-state index < -0.39 is 6.04 Å². The Morgan fingerprint density at radius 3 is 2.48 bits per heavy atom. The smallest absolute Gasteiger partial charge is 0.246 e. The van der Waals surface area contributed by atoms with Crippen LogP contribution in [0.15, 0.2) is 0 Å². The number of nitrogens with one attached hydrogen (secondary N) is 1. The molecular formula is C16H28N2O3. The van der Waals surface area contributed by atoms with E-state index in [1.54, 1.807) is 4.90 Å². The van der Waals surface area contributed by atoms with Gasteiger partial charge in [0.25, 0.3) is 0 Å². The van der Waals surface area contributed by atoms with Crippen molar-refractivity contribution in [2.75, 3.05) is 13.2 Å². The van der Waals surface area contributed by atoms with Gasteiger partial charge in [0.2, 0.25) is 11.8 Å². The van der Waals surface area contributed by atoms with E-state index >= 15 is 0 Å². The van der Waals surface area contributed by atoms with Gasteiger partial charge in [-0.1, -0.05) is 34.6 Å². The molecule has 0 aromatic heterocycles. The van der Waals surface area contributed by atoms with Gasteiger partial charge < -0.3 is 15.0 Å². The van der Waals surface area contributed by atoms with Crippen molar-refractivity contribution in [2.24, 2.45) is 11.3 Å². The average Bonchev–Trinajstić information content (AvgIpc) is 2.84. The lowest BCUT2D eigenvalue weighted by atomic mass is 9.82. The van der Waals surface area contributed by atoms with Crippen LogP contribution >= 0.6 is 0 Å². The van der Waals surface area contributed by atoms with Crippen molar-refractivity contribution >= 4 is 11.8 Å². The molecule has 2 rings (SSSR count). The number of hydrogen-bond acceptors (Lipinski definition) is 3. The molecule has 2 saturated heterocycles. The number of ether oxygens (including phenoxy) is 1. The summed E-state index contributed by atoms with van der Waals surface area (Å²) in [4.78, 5) is 27.1. The SMILES string of the molecule is CC(C)C1C(=O)NC(C(C)(C)C)C(=O)N1CC1CCCO1. The largest absolute Gasteiger partial charge is 0.376 e. The van der Waals surface area contributed by atoms with Gasteiger partial charge in [0, 0.05) is 13.2 Å². The molecule has 0 aromatic carbocycles. The maximum Gasteiger partial charge on any atom is 0.246 e. The van der Waals surface area contributed by atoms with E-state index in [4.69, 9.17) is 4.74 Å². The van der Waals surface area contributed by atoms with Crippen LogP contribution in [-0.4, -0.2) is 48.1 Å². The molecule has 2 fully saturated rings. The number of piperazine rings is 1. The van der Waals surface area contributed by atoms with Gasteiger partial charge in [-0.05, 0) is 24.2 Å². The number of hydrogen-bond donors (Lipinski definition) is 1. The van der Waals surface area contributed by atoms with Gasteiger partial charge in [0.05, 0.1) is 6.10 Å². The molecule has 2 aliphatic rings. The van der Waals surface area contributed by atoms with Crippen LogP contribution in [0.4, 0.5) is 0 Å². The Morgan fingerprint density at radius 2 is 2.00 bits per heavy atom. The second-order valence-electron chi connectivity index (χ2n) is 7.62. The molecule has 5 nitrogen and oxygen atoms in total. The molecule has 1 N–H and O–H groups in total. The van der Waals surface area contributed by atoms with E-state index in [2.05, 4.69) is 5.32 Å². The molecule has 5 heteroatoms. The summed E-state index contributed by atoms with van der Waals surface area (Å²) in [5.74, 6) is 0.0788. The Bertz CT molecular complexity index is 408. The van der Waals surface area contributed by atoms with E-state index in [1.165, 1.54) is 0 Å². The Balaban J connectivity index is 2.23. The molecule has 0 aromatic rings. The lowest BCUT2D eigenvalue weighted by molar-refractivity contribution is -0.156. The number of carbonyl (C=O) groups is 2. The first-order chi connectivity index (χ1) is 9.71. The normalized spacial score (nSPS) is 31.0. The van der Waals surface area contributed by atoms with Crippen LogP contribution in [0.5, 0.6) is 0 Å². The third kappa shape index (κ3) is 3.39. The summed E-state index contributed by atoms with van der Waals surface area (Å²) in [7, 11) is 0. The van der Waals surface area contributed by atoms with Crippen molar-refractivity contribution in [3.63, 3.8) is 0 Å². The van der Waals surface area contributed by atoms with Crippen LogP contribution < -0.4 is 5.32 Å². The van der Waals surface area contributed by atoms with Crippen LogP contribution in [0.25, 0.3) is 0 Å². The van der Waals surface area contributed by atoms with Crippen LogP contribution in [0, 0.1) is 11.3 Å².